The second kappa shape index (κ2) is 7.43. The Bertz CT molecular complexity index is 959. The molecule has 10 heteroatoms. The van der Waals surface area contributed by atoms with Crippen molar-refractivity contribution in [1.29, 1.82) is 0 Å². The maximum Gasteiger partial charge on any atom is 0.573 e. The summed E-state index contributed by atoms with van der Waals surface area (Å²) >= 11 is 5.93. The maximum atomic E-state index is 12.2. The van der Waals surface area contributed by atoms with Crippen LogP contribution in [0.1, 0.15) is 0 Å². The van der Waals surface area contributed by atoms with E-state index in [-0.39, 0.29) is 17.4 Å². The van der Waals surface area contributed by atoms with Crippen LogP contribution in [0.25, 0.3) is 11.0 Å². The van der Waals surface area contributed by atoms with Crippen LogP contribution in [0, 0.1) is 0 Å². The quantitative estimate of drug-likeness (QED) is 0.479. The smallest absolute Gasteiger partial charge is 0.490 e. The standard InChI is InChI=1S/C17H16ClF3N4O2/c1-25-14-4-2-10(22)8-13(14)24-16(25)23-6-7-26-15-5-3-11(9-12(15)18)27-17(19,20)21/h2-5,8-9H,6-7,22H2,1H3,(H,23,24). The molecule has 0 saturated carbocycles. The Morgan fingerprint density at radius 1 is 1.22 bits per heavy atom. The van der Waals surface area contributed by atoms with Crippen molar-refractivity contribution in [3.05, 3.63) is 41.4 Å². The Balaban J connectivity index is 1.57. The summed E-state index contributed by atoms with van der Waals surface area (Å²) in [4.78, 5) is 4.45. The molecule has 3 rings (SSSR count). The van der Waals surface area contributed by atoms with Gasteiger partial charge in [-0.05, 0) is 30.3 Å². The van der Waals surface area contributed by atoms with Gasteiger partial charge in [-0.2, -0.15) is 0 Å². The van der Waals surface area contributed by atoms with E-state index in [1.54, 1.807) is 12.1 Å². The molecule has 27 heavy (non-hydrogen) atoms. The first kappa shape index (κ1) is 19.0. The molecule has 0 atom stereocenters. The van der Waals surface area contributed by atoms with Gasteiger partial charge >= 0.3 is 6.36 Å². The number of hydrogen-bond donors (Lipinski definition) is 2. The summed E-state index contributed by atoms with van der Waals surface area (Å²) in [5.74, 6) is 0.488. The molecule has 0 fully saturated rings. The zero-order valence-corrected chi connectivity index (χ0v) is 14.9. The molecular formula is C17H16ClF3N4O2. The lowest BCUT2D eigenvalue weighted by Crippen LogP contribution is -2.17. The fourth-order valence-electron chi connectivity index (χ4n) is 2.49. The third-order valence-corrected chi connectivity index (χ3v) is 3.98. The van der Waals surface area contributed by atoms with Crippen molar-refractivity contribution in [3.63, 3.8) is 0 Å². The Labute approximate surface area is 157 Å². The molecule has 0 bridgehead atoms. The molecule has 0 unspecified atom stereocenters. The second-order valence-electron chi connectivity index (χ2n) is 5.66. The van der Waals surface area contributed by atoms with Crippen molar-refractivity contribution >= 4 is 34.3 Å². The molecule has 0 aliphatic carbocycles. The molecule has 0 spiro atoms. The summed E-state index contributed by atoms with van der Waals surface area (Å²) in [5, 5.41) is 3.15. The lowest BCUT2D eigenvalue weighted by atomic mass is 10.3. The summed E-state index contributed by atoms with van der Waals surface area (Å²) < 4.78 is 47.8. The first-order valence-electron chi connectivity index (χ1n) is 7.87. The van der Waals surface area contributed by atoms with E-state index < -0.39 is 12.1 Å². The number of aromatic nitrogens is 2. The number of ether oxygens (including phenoxy) is 2. The van der Waals surface area contributed by atoms with Crippen LogP contribution in [-0.2, 0) is 7.05 Å². The molecule has 0 amide bonds. The predicted molar refractivity (Wildman–Crippen MR) is 97.2 cm³/mol. The molecule has 6 nitrogen and oxygen atoms in total. The molecule has 0 radical (unpaired) electrons. The van der Waals surface area contributed by atoms with Gasteiger partial charge in [-0.25, -0.2) is 4.98 Å². The van der Waals surface area contributed by atoms with E-state index in [9.17, 15) is 13.2 Å². The normalized spacial score (nSPS) is 11.6. The van der Waals surface area contributed by atoms with E-state index in [1.807, 2.05) is 17.7 Å². The zero-order valence-electron chi connectivity index (χ0n) is 14.2. The van der Waals surface area contributed by atoms with E-state index in [0.717, 1.165) is 23.2 Å². The highest BCUT2D eigenvalue weighted by Crippen LogP contribution is 2.31. The average molecular weight is 401 g/mol. The Morgan fingerprint density at radius 3 is 2.70 bits per heavy atom. The van der Waals surface area contributed by atoms with Crippen LogP contribution in [0.2, 0.25) is 5.02 Å². The molecule has 0 aliphatic heterocycles. The first-order valence-corrected chi connectivity index (χ1v) is 8.24. The summed E-state index contributed by atoms with van der Waals surface area (Å²) in [7, 11) is 1.87. The maximum absolute atomic E-state index is 12.2. The number of aryl methyl sites for hydroxylation is 1. The van der Waals surface area contributed by atoms with Crippen LogP contribution in [-0.4, -0.2) is 29.1 Å². The van der Waals surface area contributed by atoms with Crippen molar-refractivity contribution in [2.45, 2.75) is 6.36 Å². The molecular weight excluding hydrogens is 385 g/mol. The number of fused-ring (bicyclic) bond motifs is 1. The lowest BCUT2D eigenvalue weighted by molar-refractivity contribution is -0.274. The van der Waals surface area contributed by atoms with Crippen molar-refractivity contribution in [2.75, 3.05) is 24.2 Å². The van der Waals surface area contributed by atoms with E-state index in [2.05, 4.69) is 15.0 Å². The number of halogens is 4. The molecule has 2 aromatic carbocycles. The number of imidazole rings is 1. The van der Waals surface area contributed by atoms with Gasteiger partial charge in [-0.1, -0.05) is 11.6 Å². The SMILES string of the molecule is Cn1c(NCCOc2ccc(OC(F)(F)F)cc2Cl)nc2cc(N)ccc21. The van der Waals surface area contributed by atoms with Crippen molar-refractivity contribution in [1.82, 2.24) is 9.55 Å². The minimum atomic E-state index is -4.77. The average Bonchev–Trinajstić information content (AvgIpc) is 2.87. The van der Waals surface area contributed by atoms with Crippen LogP contribution >= 0.6 is 11.6 Å². The number of nitrogens with one attached hydrogen (secondary N) is 1. The van der Waals surface area contributed by atoms with Crippen LogP contribution < -0.4 is 20.5 Å². The van der Waals surface area contributed by atoms with Gasteiger partial charge in [0.1, 0.15) is 18.1 Å². The topological polar surface area (TPSA) is 74.3 Å². The van der Waals surface area contributed by atoms with Gasteiger partial charge in [-0.15, -0.1) is 13.2 Å². The van der Waals surface area contributed by atoms with E-state index >= 15 is 0 Å². The van der Waals surface area contributed by atoms with Gasteiger partial charge in [-0.3, -0.25) is 0 Å². The van der Waals surface area contributed by atoms with Crippen LogP contribution in [0.15, 0.2) is 36.4 Å². The summed E-state index contributed by atoms with van der Waals surface area (Å²) in [5.41, 5.74) is 8.08. The van der Waals surface area contributed by atoms with Gasteiger partial charge < -0.3 is 25.1 Å². The predicted octanol–water partition coefficient (Wildman–Crippen LogP) is 4.20. The lowest BCUT2D eigenvalue weighted by Gasteiger charge is -2.12. The monoisotopic (exact) mass is 400 g/mol. The third kappa shape index (κ3) is 4.68. The Kier molecular flexibility index (Phi) is 5.22. The van der Waals surface area contributed by atoms with Crippen molar-refractivity contribution < 1.29 is 22.6 Å². The van der Waals surface area contributed by atoms with E-state index in [1.165, 1.54) is 6.07 Å². The second-order valence-corrected chi connectivity index (χ2v) is 6.07. The molecule has 144 valence electrons. The number of rotatable bonds is 6. The Morgan fingerprint density at radius 2 is 2.00 bits per heavy atom. The van der Waals surface area contributed by atoms with Crippen LogP contribution in [0.4, 0.5) is 24.8 Å². The fourth-order valence-corrected chi connectivity index (χ4v) is 2.72. The first-order chi connectivity index (χ1) is 12.7. The third-order valence-electron chi connectivity index (χ3n) is 3.68. The van der Waals surface area contributed by atoms with Gasteiger partial charge in [0.05, 0.1) is 22.6 Å². The molecule has 3 N–H and O–H groups in total. The molecule has 1 heterocycles. The van der Waals surface area contributed by atoms with E-state index in [4.69, 9.17) is 22.1 Å². The van der Waals surface area contributed by atoms with Crippen LogP contribution in [0.3, 0.4) is 0 Å². The summed E-state index contributed by atoms with van der Waals surface area (Å²) in [6, 6.07) is 8.96. The van der Waals surface area contributed by atoms with Crippen molar-refractivity contribution in [2.24, 2.45) is 7.05 Å². The number of nitrogen functional groups attached to an aromatic ring is 1. The van der Waals surface area contributed by atoms with Crippen LogP contribution in [0.5, 0.6) is 11.5 Å². The number of benzene rings is 2. The zero-order chi connectivity index (χ0) is 19.6. The number of hydrogen-bond acceptors (Lipinski definition) is 5. The fraction of sp³-hybridized carbons (Fsp3) is 0.235. The molecule has 1 aromatic heterocycles. The molecule has 3 aromatic rings. The van der Waals surface area contributed by atoms with Gasteiger partial charge in [0.15, 0.2) is 0 Å². The number of anilines is 2. The highest BCUT2D eigenvalue weighted by Gasteiger charge is 2.31. The van der Waals surface area contributed by atoms with Gasteiger partial charge in [0, 0.05) is 18.8 Å². The van der Waals surface area contributed by atoms with Crippen molar-refractivity contribution in [3.8, 4) is 11.5 Å². The summed E-state index contributed by atoms with van der Waals surface area (Å²) in [6.07, 6.45) is -4.77. The number of nitrogens with zero attached hydrogens (tertiary/aromatic N) is 2. The highest BCUT2D eigenvalue weighted by atomic mass is 35.5. The number of nitrogens with two attached hydrogens (primary N) is 1. The molecule has 0 saturated heterocycles. The minimum Gasteiger partial charge on any atom is -0.490 e. The van der Waals surface area contributed by atoms with E-state index in [0.29, 0.717) is 18.2 Å². The highest BCUT2D eigenvalue weighted by molar-refractivity contribution is 6.32. The largest absolute Gasteiger partial charge is 0.573 e. The Hall–Kier alpha value is -2.81. The number of alkyl halides is 3. The molecule has 0 aliphatic rings. The van der Waals surface area contributed by atoms with Gasteiger partial charge in [0.2, 0.25) is 5.95 Å². The summed E-state index contributed by atoms with van der Waals surface area (Å²) in [6.45, 7) is 0.633. The minimum absolute atomic E-state index is 0.0231. The van der Waals surface area contributed by atoms with Gasteiger partial charge in [0.25, 0.3) is 0 Å².